The number of urea groups is 1. The quantitative estimate of drug-likeness (QED) is 0.770. The fourth-order valence-electron chi connectivity index (χ4n) is 3.94. The number of likely N-dealkylation sites (tertiary alicyclic amines) is 1. The monoisotopic (exact) mass is 424 g/mol. The number of hydrogen-bond donors (Lipinski definition) is 2. The highest BCUT2D eigenvalue weighted by molar-refractivity contribution is 6.07. The summed E-state index contributed by atoms with van der Waals surface area (Å²) in [6, 6.07) is 10.8. The zero-order valence-electron chi connectivity index (χ0n) is 17.2. The van der Waals surface area contributed by atoms with Gasteiger partial charge in [0.25, 0.3) is 5.91 Å². The second kappa shape index (κ2) is 9.26. The number of nitrogens with zero attached hydrogens (tertiary/aromatic N) is 2. The van der Waals surface area contributed by atoms with E-state index in [-0.39, 0.29) is 30.3 Å². The average Bonchev–Trinajstić information content (AvgIpc) is 2.76. The average molecular weight is 424 g/mol. The normalized spacial score (nSPS) is 17.4. The van der Waals surface area contributed by atoms with Gasteiger partial charge in [0.2, 0.25) is 5.91 Å². The molecule has 0 aliphatic carbocycles. The van der Waals surface area contributed by atoms with Crippen LogP contribution in [-0.4, -0.2) is 42.4 Å². The molecule has 0 radical (unpaired) electrons. The second-order valence-corrected chi connectivity index (χ2v) is 7.90. The second-order valence-electron chi connectivity index (χ2n) is 7.90. The van der Waals surface area contributed by atoms with E-state index in [1.807, 2.05) is 0 Å². The molecule has 8 heteroatoms. The van der Waals surface area contributed by atoms with Crippen molar-refractivity contribution in [2.45, 2.75) is 32.2 Å². The van der Waals surface area contributed by atoms with E-state index in [2.05, 4.69) is 15.5 Å². The lowest BCUT2D eigenvalue weighted by molar-refractivity contribution is -0.120. The first-order valence-electron chi connectivity index (χ1n) is 10.5. The van der Waals surface area contributed by atoms with E-state index in [0.717, 1.165) is 25.9 Å². The number of hydrogen-bond acceptors (Lipinski definition) is 4. The number of rotatable bonds is 5. The van der Waals surface area contributed by atoms with Crippen molar-refractivity contribution in [2.75, 3.05) is 29.9 Å². The number of nitrogens with one attached hydrogen (secondary N) is 2. The zero-order chi connectivity index (χ0) is 21.8. The van der Waals surface area contributed by atoms with Crippen LogP contribution in [0.3, 0.4) is 0 Å². The lowest BCUT2D eigenvalue weighted by atomic mass is 10.1. The summed E-state index contributed by atoms with van der Waals surface area (Å²) < 4.78 is 14.6. The summed E-state index contributed by atoms with van der Waals surface area (Å²) in [5.74, 6) is -1.13. The van der Waals surface area contributed by atoms with Crippen molar-refractivity contribution in [3.8, 4) is 0 Å². The SMILES string of the molecule is O=C1CCN(c2cccc(NC(=O)c3ccc(CN4CCCCC4)c(F)c3)c2)C(=O)N1. The fraction of sp³-hybridized carbons (Fsp3) is 0.348. The van der Waals surface area contributed by atoms with Crippen molar-refractivity contribution in [3.63, 3.8) is 0 Å². The molecule has 2 N–H and O–H groups in total. The maximum atomic E-state index is 14.6. The van der Waals surface area contributed by atoms with E-state index in [4.69, 9.17) is 0 Å². The van der Waals surface area contributed by atoms with Crippen molar-refractivity contribution in [1.29, 1.82) is 0 Å². The van der Waals surface area contributed by atoms with Crippen molar-refractivity contribution in [3.05, 3.63) is 59.4 Å². The number of piperidine rings is 1. The van der Waals surface area contributed by atoms with Crippen LogP contribution < -0.4 is 15.5 Å². The number of carbonyl (C=O) groups is 3. The van der Waals surface area contributed by atoms with Gasteiger partial charge < -0.3 is 5.32 Å². The predicted octanol–water partition coefficient (Wildman–Crippen LogP) is 3.51. The molecule has 0 unspecified atom stereocenters. The Morgan fingerprint density at radius 3 is 2.58 bits per heavy atom. The molecule has 31 heavy (non-hydrogen) atoms. The summed E-state index contributed by atoms with van der Waals surface area (Å²) in [7, 11) is 0. The van der Waals surface area contributed by atoms with Crippen molar-refractivity contribution in [1.82, 2.24) is 10.2 Å². The van der Waals surface area contributed by atoms with Gasteiger partial charge in [-0.3, -0.25) is 24.7 Å². The summed E-state index contributed by atoms with van der Waals surface area (Å²) in [5, 5.41) is 5.02. The Hall–Kier alpha value is -3.26. The van der Waals surface area contributed by atoms with E-state index in [1.54, 1.807) is 36.4 Å². The number of benzene rings is 2. The Morgan fingerprint density at radius 1 is 1.03 bits per heavy atom. The first-order valence-corrected chi connectivity index (χ1v) is 10.5. The standard InChI is InChI=1S/C23H25FN4O3/c24-20-13-16(7-8-17(20)15-27-10-2-1-3-11-27)22(30)25-18-5-4-6-19(14-18)28-12-9-21(29)26-23(28)31/h4-8,13-14H,1-3,9-12,15H2,(H,25,30)(H,26,29,31). The summed E-state index contributed by atoms with van der Waals surface area (Å²) in [4.78, 5) is 39.7. The molecular formula is C23H25FN4O3. The van der Waals surface area contributed by atoms with Gasteiger partial charge in [-0.1, -0.05) is 18.6 Å². The number of halogens is 1. The summed E-state index contributed by atoms with van der Waals surface area (Å²) in [5.41, 5.74) is 1.86. The maximum absolute atomic E-state index is 14.6. The Morgan fingerprint density at radius 2 is 1.84 bits per heavy atom. The van der Waals surface area contributed by atoms with Crippen LogP contribution in [0.5, 0.6) is 0 Å². The molecule has 0 spiro atoms. The Kier molecular flexibility index (Phi) is 6.27. The van der Waals surface area contributed by atoms with E-state index in [0.29, 0.717) is 23.5 Å². The van der Waals surface area contributed by atoms with Crippen molar-refractivity contribution < 1.29 is 18.8 Å². The Balaban J connectivity index is 1.43. The minimum atomic E-state index is -0.494. The fourth-order valence-corrected chi connectivity index (χ4v) is 3.94. The third-order valence-corrected chi connectivity index (χ3v) is 5.63. The highest BCUT2D eigenvalue weighted by Crippen LogP contribution is 2.22. The van der Waals surface area contributed by atoms with Gasteiger partial charge in [-0.2, -0.15) is 0 Å². The molecule has 2 aliphatic rings. The molecule has 4 amide bonds. The molecule has 0 aromatic heterocycles. The van der Waals surface area contributed by atoms with Crippen LogP contribution in [0.4, 0.5) is 20.6 Å². The molecule has 7 nitrogen and oxygen atoms in total. The number of imide groups is 1. The van der Waals surface area contributed by atoms with Gasteiger partial charge in [-0.05, 0) is 56.3 Å². The number of carbonyl (C=O) groups excluding carboxylic acids is 3. The molecule has 0 bridgehead atoms. The third kappa shape index (κ3) is 5.08. The highest BCUT2D eigenvalue weighted by atomic mass is 19.1. The molecule has 2 fully saturated rings. The summed E-state index contributed by atoms with van der Waals surface area (Å²) in [6.45, 7) is 2.77. The topological polar surface area (TPSA) is 81.8 Å². The third-order valence-electron chi connectivity index (χ3n) is 5.63. The molecule has 0 saturated carbocycles. The Bertz CT molecular complexity index is 1000. The van der Waals surface area contributed by atoms with E-state index < -0.39 is 11.9 Å². The maximum Gasteiger partial charge on any atom is 0.328 e. The minimum absolute atomic E-state index is 0.214. The van der Waals surface area contributed by atoms with Gasteiger partial charge >= 0.3 is 6.03 Å². The van der Waals surface area contributed by atoms with Crippen molar-refractivity contribution >= 4 is 29.2 Å². The van der Waals surface area contributed by atoms with Gasteiger partial charge in [0, 0.05) is 42.0 Å². The van der Waals surface area contributed by atoms with Crippen molar-refractivity contribution in [2.24, 2.45) is 0 Å². The molecule has 2 aliphatic heterocycles. The first-order chi connectivity index (χ1) is 15.0. The molecular weight excluding hydrogens is 399 g/mol. The molecule has 2 saturated heterocycles. The minimum Gasteiger partial charge on any atom is -0.322 e. The molecule has 2 aromatic carbocycles. The van der Waals surface area contributed by atoms with E-state index in [1.165, 1.54) is 17.4 Å². The number of amides is 4. The van der Waals surface area contributed by atoms with Crippen LogP contribution in [-0.2, 0) is 11.3 Å². The van der Waals surface area contributed by atoms with Gasteiger partial charge in [0.15, 0.2) is 0 Å². The molecule has 162 valence electrons. The molecule has 2 heterocycles. The summed E-state index contributed by atoms with van der Waals surface area (Å²) in [6.07, 6.45) is 3.71. The first kappa shape index (κ1) is 21.0. The van der Waals surface area contributed by atoms with Gasteiger partial charge in [0.1, 0.15) is 5.82 Å². The van der Waals surface area contributed by atoms with Gasteiger partial charge in [0.05, 0.1) is 0 Å². The molecule has 2 aromatic rings. The predicted molar refractivity (Wildman–Crippen MR) is 115 cm³/mol. The molecule has 4 rings (SSSR count). The van der Waals surface area contributed by atoms with E-state index >= 15 is 0 Å². The van der Waals surface area contributed by atoms with Crippen LogP contribution in [0.25, 0.3) is 0 Å². The largest absolute Gasteiger partial charge is 0.328 e. The lowest BCUT2D eigenvalue weighted by Crippen LogP contribution is -2.49. The van der Waals surface area contributed by atoms with Crippen LogP contribution >= 0.6 is 0 Å². The highest BCUT2D eigenvalue weighted by Gasteiger charge is 2.24. The smallest absolute Gasteiger partial charge is 0.322 e. The van der Waals surface area contributed by atoms with E-state index in [9.17, 15) is 18.8 Å². The van der Waals surface area contributed by atoms with Crippen LogP contribution in [0, 0.1) is 5.82 Å². The zero-order valence-corrected chi connectivity index (χ0v) is 17.2. The molecule has 0 atom stereocenters. The summed E-state index contributed by atoms with van der Waals surface area (Å²) >= 11 is 0. The Labute approximate surface area is 180 Å². The van der Waals surface area contributed by atoms with Gasteiger partial charge in [-0.15, -0.1) is 0 Å². The lowest BCUT2D eigenvalue weighted by Gasteiger charge is -2.27. The van der Waals surface area contributed by atoms with Gasteiger partial charge in [-0.25, -0.2) is 9.18 Å². The number of anilines is 2. The van der Waals surface area contributed by atoms with Crippen LogP contribution in [0.1, 0.15) is 41.6 Å². The van der Waals surface area contributed by atoms with Crippen LogP contribution in [0.15, 0.2) is 42.5 Å². The van der Waals surface area contributed by atoms with Crippen LogP contribution in [0.2, 0.25) is 0 Å².